The summed E-state index contributed by atoms with van der Waals surface area (Å²) in [5.74, 6) is 0. The first-order valence-corrected chi connectivity index (χ1v) is 2.86. The van der Waals surface area contributed by atoms with Crippen LogP contribution in [0, 0.1) is 6.42 Å². The zero-order valence-electron chi connectivity index (χ0n) is 5.69. The van der Waals surface area contributed by atoms with Gasteiger partial charge in [0.1, 0.15) is 0 Å². The summed E-state index contributed by atoms with van der Waals surface area (Å²) in [7, 11) is 0. The van der Waals surface area contributed by atoms with E-state index in [-0.39, 0.29) is 5.54 Å². The average Bonchev–Trinajstić information content (AvgIpc) is 1.67. The van der Waals surface area contributed by atoms with Gasteiger partial charge >= 0.3 is 0 Å². The molecule has 0 aliphatic carbocycles. The van der Waals surface area contributed by atoms with E-state index in [9.17, 15) is 5.21 Å². The van der Waals surface area contributed by atoms with Crippen molar-refractivity contribution < 1.29 is 5.21 Å². The second kappa shape index (κ2) is 3.05. The third-order valence-electron chi connectivity index (χ3n) is 0.977. The summed E-state index contributed by atoms with van der Waals surface area (Å²) in [6, 6.07) is 0. The molecule has 0 heterocycles. The minimum atomic E-state index is -0.339. The molecule has 0 saturated heterocycles. The van der Waals surface area contributed by atoms with Gasteiger partial charge < -0.3 is 0 Å². The maximum atomic E-state index is 10.1. The highest BCUT2D eigenvalue weighted by molar-refractivity contribution is 4.88. The van der Waals surface area contributed by atoms with E-state index in [0.717, 1.165) is 6.42 Å². The predicted molar refractivity (Wildman–Crippen MR) is 32.5 cm³/mol. The van der Waals surface area contributed by atoms with Gasteiger partial charge in [0.25, 0.3) is 0 Å². The Hall–Kier alpha value is -0.0800. The molecule has 0 aliphatic heterocycles. The lowest BCUT2D eigenvalue weighted by Crippen LogP contribution is -2.35. The van der Waals surface area contributed by atoms with Crippen LogP contribution < -0.4 is 5.48 Å². The lowest BCUT2D eigenvalue weighted by atomic mass is 10.0. The van der Waals surface area contributed by atoms with Gasteiger partial charge in [-0.15, -0.1) is 5.21 Å². The summed E-state index contributed by atoms with van der Waals surface area (Å²) in [6.45, 7) is 5.71. The molecule has 0 aromatic carbocycles. The summed E-state index contributed by atoms with van der Waals surface area (Å²) in [4.78, 5) is 0. The molecule has 2 nitrogen and oxygen atoms in total. The molecular formula is C6H13NO. The third kappa shape index (κ3) is 2.99. The van der Waals surface area contributed by atoms with Gasteiger partial charge in [-0.3, -0.25) is 0 Å². The molecule has 48 valence electrons. The van der Waals surface area contributed by atoms with Crippen LogP contribution in [-0.4, -0.2) is 5.54 Å². The Bertz CT molecular complexity index is 61.5. The predicted octanol–water partition coefficient (Wildman–Crippen LogP) is 1.31. The van der Waals surface area contributed by atoms with Gasteiger partial charge in [-0.05, 0) is 20.3 Å². The van der Waals surface area contributed by atoms with Crippen molar-refractivity contribution >= 4 is 0 Å². The second-order valence-corrected chi connectivity index (χ2v) is 2.44. The maximum absolute atomic E-state index is 10.1. The van der Waals surface area contributed by atoms with Crippen molar-refractivity contribution in [2.75, 3.05) is 0 Å². The molecular weight excluding hydrogens is 102 g/mol. The number of nitrogens with one attached hydrogen (secondary N) is 1. The van der Waals surface area contributed by atoms with Crippen LogP contribution >= 0.6 is 0 Å². The van der Waals surface area contributed by atoms with Gasteiger partial charge in [-0.25, -0.2) is 0 Å². The lowest BCUT2D eigenvalue weighted by molar-refractivity contribution is 0.0214. The highest BCUT2D eigenvalue weighted by Gasteiger charge is 2.14. The fourth-order valence-corrected chi connectivity index (χ4v) is 0.552. The fourth-order valence-electron chi connectivity index (χ4n) is 0.552. The lowest BCUT2D eigenvalue weighted by Gasteiger charge is -2.18. The molecule has 0 aromatic heterocycles. The molecule has 0 rings (SSSR count). The number of rotatable bonds is 3. The van der Waals surface area contributed by atoms with Crippen LogP contribution in [0.1, 0.15) is 27.2 Å². The van der Waals surface area contributed by atoms with Gasteiger partial charge in [0.05, 0.1) is 0 Å². The summed E-state index contributed by atoms with van der Waals surface area (Å²) >= 11 is 0. The van der Waals surface area contributed by atoms with E-state index < -0.39 is 0 Å². The Labute approximate surface area is 50.9 Å². The fraction of sp³-hybridized carbons (Fsp3) is 0.833. The monoisotopic (exact) mass is 115 g/mol. The highest BCUT2D eigenvalue weighted by atomic mass is 16.5. The highest BCUT2D eigenvalue weighted by Crippen LogP contribution is 2.07. The van der Waals surface area contributed by atoms with Crippen molar-refractivity contribution in [3.8, 4) is 0 Å². The third-order valence-corrected chi connectivity index (χ3v) is 0.977. The SMILES string of the molecule is CC[CH]C(C)(C)N[O]. The van der Waals surface area contributed by atoms with Crippen LogP contribution in [0.2, 0.25) is 0 Å². The molecule has 0 spiro atoms. The Morgan fingerprint density at radius 1 is 1.62 bits per heavy atom. The molecule has 0 atom stereocenters. The van der Waals surface area contributed by atoms with E-state index in [0.29, 0.717) is 0 Å². The van der Waals surface area contributed by atoms with Crippen molar-refractivity contribution in [1.29, 1.82) is 0 Å². The van der Waals surface area contributed by atoms with Crippen molar-refractivity contribution in [3.63, 3.8) is 0 Å². The van der Waals surface area contributed by atoms with Crippen LogP contribution in [0.25, 0.3) is 0 Å². The van der Waals surface area contributed by atoms with Crippen LogP contribution in [0.15, 0.2) is 0 Å². The van der Waals surface area contributed by atoms with E-state index in [1.165, 1.54) is 0 Å². The topological polar surface area (TPSA) is 31.9 Å². The first kappa shape index (κ1) is 7.92. The van der Waals surface area contributed by atoms with E-state index in [2.05, 4.69) is 0 Å². The quantitative estimate of drug-likeness (QED) is 0.552. The largest absolute Gasteiger partial charge is 0.162 e. The number of hydrogen-bond acceptors (Lipinski definition) is 1. The second-order valence-electron chi connectivity index (χ2n) is 2.44. The first-order valence-electron chi connectivity index (χ1n) is 2.86. The minimum Gasteiger partial charge on any atom is -0.162 e. The van der Waals surface area contributed by atoms with E-state index in [1.54, 1.807) is 0 Å². The normalized spacial score (nSPS) is 12.0. The summed E-state index contributed by atoms with van der Waals surface area (Å²) in [6.07, 6.45) is 2.88. The van der Waals surface area contributed by atoms with Crippen molar-refractivity contribution in [1.82, 2.24) is 5.48 Å². The molecule has 0 unspecified atom stereocenters. The Morgan fingerprint density at radius 3 is 2.25 bits per heavy atom. The smallest absolute Gasteiger partial charge is 0.0438 e. The van der Waals surface area contributed by atoms with Crippen LogP contribution in [0.5, 0.6) is 0 Å². The molecule has 0 saturated carbocycles. The molecule has 1 N–H and O–H groups in total. The molecule has 0 aliphatic rings. The van der Waals surface area contributed by atoms with Gasteiger partial charge in [0.2, 0.25) is 0 Å². The number of hydroxylamine groups is 1. The molecule has 2 heteroatoms. The van der Waals surface area contributed by atoms with E-state index >= 15 is 0 Å². The summed E-state index contributed by atoms with van der Waals surface area (Å²) < 4.78 is 0. The Balaban J connectivity index is 3.37. The average molecular weight is 115 g/mol. The van der Waals surface area contributed by atoms with Crippen molar-refractivity contribution in [2.24, 2.45) is 0 Å². The van der Waals surface area contributed by atoms with Crippen LogP contribution in [-0.2, 0) is 5.21 Å². The molecule has 8 heavy (non-hydrogen) atoms. The summed E-state index contributed by atoms with van der Waals surface area (Å²) in [5.41, 5.74) is 1.60. The molecule has 0 amide bonds. The minimum absolute atomic E-state index is 0.339. The van der Waals surface area contributed by atoms with E-state index in [4.69, 9.17) is 0 Å². The van der Waals surface area contributed by atoms with Gasteiger partial charge in [-0.1, -0.05) is 13.3 Å². The molecule has 0 fully saturated rings. The van der Waals surface area contributed by atoms with Gasteiger partial charge in [0.15, 0.2) is 0 Å². The zero-order valence-corrected chi connectivity index (χ0v) is 5.69. The Morgan fingerprint density at radius 2 is 2.12 bits per heavy atom. The number of hydrogen-bond donors (Lipinski definition) is 1. The summed E-state index contributed by atoms with van der Waals surface area (Å²) in [5, 5.41) is 10.1. The van der Waals surface area contributed by atoms with Crippen molar-refractivity contribution in [3.05, 3.63) is 6.42 Å². The zero-order chi connectivity index (χ0) is 6.62. The van der Waals surface area contributed by atoms with E-state index in [1.807, 2.05) is 32.7 Å². The Kier molecular flexibility index (Phi) is 3.02. The standard InChI is InChI=1S/C6H13NO/c1-4-5-6(2,3)7-8/h5,7H,4H2,1-3H3. The molecule has 0 aromatic rings. The molecule has 2 radical (unpaired) electrons. The molecule has 0 bridgehead atoms. The van der Waals surface area contributed by atoms with Gasteiger partial charge in [-0.2, -0.15) is 5.48 Å². The van der Waals surface area contributed by atoms with Crippen molar-refractivity contribution in [2.45, 2.75) is 32.7 Å². The van der Waals surface area contributed by atoms with Crippen LogP contribution in [0.3, 0.4) is 0 Å². The van der Waals surface area contributed by atoms with Crippen LogP contribution in [0.4, 0.5) is 0 Å². The van der Waals surface area contributed by atoms with Gasteiger partial charge in [0, 0.05) is 5.54 Å². The maximum Gasteiger partial charge on any atom is 0.0438 e. The first-order chi connectivity index (χ1) is 3.62.